The minimum Gasteiger partial charge on any atom is -0.368 e. The number of para-hydroxylation sites is 1. The van der Waals surface area contributed by atoms with E-state index in [0.29, 0.717) is 6.54 Å². The normalized spacial score (nSPS) is 14.0. The molecule has 0 radical (unpaired) electrons. The SMILES string of the molecule is NC(=O)CN1C=Cc2c([nH]c3ccccc23)C1. The van der Waals surface area contributed by atoms with Gasteiger partial charge in [-0.05, 0) is 12.1 Å². The molecule has 0 saturated carbocycles. The molecule has 0 aliphatic carbocycles. The highest BCUT2D eigenvalue weighted by atomic mass is 16.1. The Morgan fingerprint density at radius 3 is 3.06 bits per heavy atom. The molecule has 4 nitrogen and oxygen atoms in total. The highest BCUT2D eigenvalue weighted by molar-refractivity contribution is 5.91. The lowest BCUT2D eigenvalue weighted by atomic mass is 10.1. The van der Waals surface area contributed by atoms with Crippen LogP contribution in [0, 0.1) is 0 Å². The molecule has 1 aromatic carbocycles. The van der Waals surface area contributed by atoms with E-state index in [1.165, 1.54) is 10.9 Å². The number of H-pyrrole nitrogens is 1. The fraction of sp³-hybridized carbons (Fsp3) is 0.154. The molecule has 1 aliphatic heterocycles. The lowest BCUT2D eigenvalue weighted by molar-refractivity contribution is -0.118. The molecule has 17 heavy (non-hydrogen) atoms. The average Bonchev–Trinajstić information content (AvgIpc) is 2.65. The zero-order chi connectivity index (χ0) is 11.8. The molecule has 0 bridgehead atoms. The fourth-order valence-electron chi connectivity index (χ4n) is 2.28. The monoisotopic (exact) mass is 227 g/mol. The molecule has 1 aromatic heterocycles. The molecule has 0 atom stereocenters. The van der Waals surface area contributed by atoms with Crippen LogP contribution >= 0.6 is 0 Å². The average molecular weight is 227 g/mol. The van der Waals surface area contributed by atoms with Gasteiger partial charge in [0.1, 0.15) is 0 Å². The van der Waals surface area contributed by atoms with Crippen LogP contribution in [0.3, 0.4) is 0 Å². The predicted octanol–water partition coefficient (Wildman–Crippen LogP) is 1.44. The second kappa shape index (κ2) is 3.66. The van der Waals surface area contributed by atoms with E-state index < -0.39 is 0 Å². The molecule has 86 valence electrons. The molecule has 4 heteroatoms. The number of nitrogens with two attached hydrogens (primary N) is 1. The Labute approximate surface area is 98.7 Å². The summed E-state index contributed by atoms with van der Waals surface area (Å²) in [5.41, 5.74) is 8.67. The first kappa shape index (κ1) is 9.96. The summed E-state index contributed by atoms with van der Waals surface area (Å²) >= 11 is 0. The molecule has 1 aliphatic rings. The van der Waals surface area contributed by atoms with Gasteiger partial charge in [-0.25, -0.2) is 0 Å². The van der Waals surface area contributed by atoms with Crippen molar-refractivity contribution in [3.8, 4) is 0 Å². The number of primary amides is 1. The van der Waals surface area contributed by atoms with Crippen LogP contribution in [0.15, 0.2) is 30.5 Å². The van der Waals surface area contributed by atoms with Gasteiger partial charge in [0.05, 0.1) is 13.1 Å². The van der Waals surface area contributed by atoms with Crippen LogP contribution in [0.4, 0.5) is 0 Å². The van der Waals surface area contributed by atoms with E-state index in [1.807, 2.05) is 29.3 Å². The lowest BCUT2D eigenvalue weighted by Crippen LogP contribution is -2.30. The summed E-state index contributed by atoms with van der Waals surface area (Å²) in [4.78, 5) is 16.2. The molecular formula is C13H13N3O. The van der Waals surface area contributed by atoms with E-state index in [-0.39, 0.29) is 12.5 Å². The van der Waals surface area contributed by atoms with Crippen LogP contribution in [0.1, 0.15) is 11.3 Å². The predicted molar refractivity (Wildman–Crippen MR) is 66.9 cm³/mol. The van der Waals surface area contributed by atoms with E-state index >= 15 is 0 Å². The number of amides is 1. The molecule has 2 heterocycles. The highest BCUT2D eigenvalue weighted by Crippen LogP contribution is 2.27. The van der Waals surface area contributed by atoms with E-state index in [9.17, 15) is 4.79 Å². The van der Waals surface area contributed by atoms with Gasteiger partial charge in [-0.2, -0.15) is 0 Å². The molecule has 1 amide bonds. The maximum Gasteiger partial charge on any atom is 0.236 e. The first-order valence-electron chi connectivity index (χ1n) is 5.54. The van der Waals surface area contributed by atoms with Gasteiger partial charge in [0.25, 0.3) is 0 Å². The fourth-order valence-corrected chi connectivity index (χ4v) is 2.28. The number of carbonyl (C=O) groups excluding carboxylic acids is 1. The van der Waals surface area contributed by atoms with Crippen molar-refractivity contribution in [2.24, 2.45) is 5.73 Å². The third-order valence-corrected chi connectivity index (χ3v) is 3.00. The third kappa shape index (κ3) is 1.67. The number of aromatic nitrogens is 1. The van der Waals surface area contributed by atoms with Crippen LogP contribution in [-0.4, -0.2) is 22.3 Å². The number of benzene rings is 1. The molecule has 3 rings (SSSR count). The van der Waals surface area contributed by atoms with Gasteiger partial charge in [-0.1, -0.05) is 18.2 Å². The van der Waals surface area contributed by atoms with Crippen LogP contribution < -0.4 is 5.73 Å². The maximum atomic E-state index is 10.9. The Morgan fingerprint density at radius 1 is 1.41 bits per heavy atom. The van der Waals surface area contributed by atoms with Crippen molar-refractivity contribution in [1.29, 1.82) is 0 Å². The van der Waals surface area contributed by atoms with Crippen molar-refractivity contribution in [2.75, 3.05) is 6.54 Å². The molecule has 0 unspecified atom stereocenters. The minimum atomic E-state index is -0.311. The Morgan fingerprint density at radius 2 is 2.24 bits per heavy atom. The summed E-state index contributed by atoms with van der Waals surface area (Å²) in [6, 6.07) is 8.19. The Kier molecular flexibility index (Phi) is 2.14. The molecule has 2 aromatic rings. The van der Waals surface area contributed by atoms with Crippen molar-refractivity contribution in [3.63, 3.8) is 0 Å². The summed E-state index contributed by atoms with van der Waals surface area (Å²) in [6.45, 7) is 0.953. The van der Waals surface area contributed by atoms with Crippen molar-refractivity contribution in [1.82, 2.24) is 9.88 Å². The zero-order valence-corrected chi connectivity index (χ0v) is 9.31. The first-order valence-corrected chi connectivity index (χ1v) is 5.54. The van der Waals surface area contributed by atoms with Gasteiger partial charge in [0, 0.05) is 28.4 Å². The number of carbonyl (C=O) groups is 1. The van der Waals surface area contributed by atoms with Crippen LogP contribution in [0.2, 0.25) is 0 Å². The number of fused-ring (bicyclic) bond motifs is 3. The maximum absolute atomic E-state index is 10.9. The van der Waals surface area contributed by atoms with E-state index in [4.69, 9.17) is 5.73 Å². The lowest BCUT2D eigenvalue weighted by Gasteiger charge is -2.21. The molecule has 0 spiro atoms. The standard InChI is InChI=1S/C13H13N3O/c14-13(17)8-16-6-5-10-9-3-1-2-4-11(9)15-12(10)7-16/h1-6,15H,7-8H2,(H2,14,17). The Bertz CT molecular complexity index is 612. The summed E-state index contributed by atoms with van der Waals surface area (Å²) < 4.78 is 0. The van der Waals surface area contributed by atoms with E-state index in [1.54, 1.807) is 0 Å². The van der Waals surface area contributed by atoms with Gasteiger partial charge < -0.3 is 15.6 Å². The minimum absolute atomic E-state index is 0.255. The van der Waals surface area contributed by atoms with Crippen LogP contribution in [0.25, 0.3) is 17.0 Å². The molecule has 0 fully saturated rings. The number of hydrogen-bond acceptors (Lipinski definition) is 2. The summed E-state index contributed by atoms with van der Waals surface area (Å²) in [7, 11) is 0. The molecule has 3 N–H and O–H groups in total. The third-order valence-electron chi connectivity index (χ3n) is 3.00. The first-order chi connectivity index (χ1) is 8.24. The van der Waals surface area contributed by atoms with Crippen molar-refractivity contribution in [2.45, 2.75) is 6.54 Å². The summed E-state index contributed by atoms with van der Waals surface area (Å²) in [6.07, 6.45) is 3.95. The summed E-state index contributed by atoms with van der Waals surface area (Å²) in [5, 5.41) is 1.22. The highest BCUT2D eigenvalue weighted by Gasteiger charge is 2.16. The van der Waals surface area contributed by atoms with Gasteiger partial charge in [0.15, 0.2) is 0 Å². The van der Waals surface area contributed by atoms with Gasteiger partial charge in [-0.3, -0.25) is 4.79 Å². The van der Waals surface area contributed by atoms with Crippen molar-refractivity contribution in [3.05, 3.63) is 41.7 Å². The van der Waals surface area contributed by atoms with Gasteiger partial charge in [-0.15, -0.1) is 0 Å². The van der Waals surface area contributed by atoms with Crippen LogP contribution in [0.5, 0.6) is 0 Å². The van der Waals surface area contributed by atoms with Gasteiger partial charge >= 0.3 is 0 Å². The second-order valence-electron chi connectivity index (χ2n) is 4.25. The van der Waals surface area contributed by atoms with Crippen LogP contribution in [-0.2, 0) is 11.3 Å². The number of nitrogens with one attached hydrogen (secondary N) is 1. The Balaban J connectivity index is 2.00. The largest absolute Gasteiger partial charge is 0.368 e. The molecular weight excluding hydrogens is 214 g/mol. The molecule has 0 saturated heterocycles. The summed E-state index contributed by atoms with van der Waals surface area (Å²) in [5.74, 6) is -0.311. The number of hydrogen-bond donors (Lipinski definition) is 2. The number of aromatic amines is 1. The van der Waals surface area contributed by atoms with E-state index in [0.717, 1.165) is 11.2 Å². The number of nitrogens with zero attached hydrogens (tertiary/aromatic N) is 1. The topological polar surface area (TPSA) is 62.1 Å². The smallest absolute Gasteiger partial charge is 0.236 e. The van der Waals surface area contributed by atoms with Crippen molar-refractivity contribution < 1.29 is 4.79 Å². The quantitative estimate of drug-likeness (QED) is 0.815. The zero-order valence-electron chi connectivity index (χ0n) is 9.31. The van der Waals surface area contributed by atoms with Gasteiger partial charge in [0.2, 0.25) is 5.91 Å². The van der Waals surface area contributed by atoms with E-state index in [2.05, 4.69) is 17.1 Å². The Hall–Kier alpha value is -2.23. The van der Waals surface area contributed by atoms with Crippen molar-refractivity contribution >= 4 is 22.9 Å². The number of rotatable bonds is 2. The second-order valence-corrected chi connectivity index (χ2v) is 4.25.